The molecule has 4 atom stereocenters. The Kier molecular flexibility index (Phi) is 8.54. The van der Waals surface area contributed by atoms with E-state index in [0.717, 1.165) is 29.4 Å². The topological polar surface area (TPSA) is 163 Å². The summed E-state index contributed by atoms with van der Waals surface area (Å²) in [6.07, 6.45) is 3.58. The van der Waals surface area contributed by atoms with Crippen LogP contribution in [-0.4, -0.2) is 45.1 Å². The number of hydrogen-bond donors (Lipinski definition) is 4. The lowest BCUT2D eigenvalue weighted by molar-refractivity contribution is -0.134. The first-order chi connectivity index (χ1) is 16.3. The van der Waals surface area contributed by atoms with Gasteiger partial charge in [0.2, 0.25) is 11.8 Å². The first-order valence-corrected chi connectivity index (χ1v) is 11.6. The number of Topliss-reactive ketones (excluding diaryl/α,β-unsaturated/α-hetero) is 1. The average molecular weight is 472 g/mol. The number of carbonyl (C=O) groups is 2. The number of hydrogen-bond acceptors (Lipinski definition) is 8. The number of anilines is 1. The van der Waals surface area contributed by atoms with Crippen molar-refractivity contribution < 1.29 is 19.4 Å². The normalized spacial score (nSPS) is 22.9. The van der Waals surface area contributed by atoms with Crippen molar-refractivity contribution in [3.8, 4) is 0 Å². The van der Waals surface area contributed by atoms with E-state index in [1.165, 1.54) is 12.3 Å². The summed E-state index contributed by atoms with van der Waals surface area (Å²) in [4.78, 5) is 42.3. The van der Waals surface area contributed by atoms with Crippen molar-refractivity contribution in [3.05, 3.63) is 58.6 Å². The molecule has 0 spiro atoms. The summed E-state index contributed by atoms with van der Waals surface area (Å²) in [6.45, 7) is 1.57. The Labute approximate surface area is 198 Å². The zero-order valence-corrected chi connectivity index (χ0v) is 19.4. The first kappa shape index (κ1) is 25.5. The van der Waals surface area contributed by atoms with Crippen LogP contribution < -0.4 is 22.5 Å². The smallest absolute Gasteiger partial charge is 0.352 e. The average Bonchev–Trinajstić information content (AvgIpc) is 3.16. The van der Waals surface area contributed by atoms with Gasteiger partial charge in [-0.25, -0.2) is 4.79 Å². The van der Waals surface area contributed by atoms with Gasteiger partial charge >= 0.3 is 5.69 Å². The van der Waals surface area contributed by atoms with E-state index in [1.54, 1.807) is 0 Å². The van der Waals surface area contributed by atoms with E-state index < -0.39 is 36.2 Å². The van der Waals surface area contributed by atoms with Gasteiger partial charge in [0.25, 0.3) is 0 Å². The van der Waals surface area contributed by atoms with Gasteiger partial charge in [0.05, 0.1) is 24.7 Å². The second-order valence-corrected chi connectivity index (χ2v) is 8.67. The number of rotatable bonds is 11. The van der Waals surface area contributed by atoms with Gasteiger partial charge in [-0.15, -0.1) is 0 Å². The van der Waals surface area contributed by atoms with Crippen molar-refractivity contribution in [1.29, 1.82) is 0 Å². The van der Waals surface area contributed by atoms with Crippen molar-refractivity contribution in [2.45, 2.75) is 63.4 Å². The molecule has 0 aliphatic carbocycles. The van der Waals surface area contributed by atoms with Gasteiger partial charge in [-0.1, -0.05) is 50.1 Å². The molecule has 2 heterocycles. The largest absolute Gasteiger partial charge is 0.394 e. The number of aliphatic hydroxyl groups is 1. The van der Waals surface area contributed by atoms with E-state index in [-0.39, 0.29) is 30.3 Å². The van der Waals surface area contributed by atoms with E-state index in [1.807, 2.05) is 30.3 Å². The number of nitrogens with zero attached hydrogens (tertiary/aromatic N) is 2. The number of amides is 1. The number of unbranched alkanes of at least 4 members (excludes halogenated alkanes) is 2. The second-order valence-electron chi connectivity index (χ2n) is 8.67. The number of nitrogens with one attached hydrogen (secondary N) is 1. The molecule has 0 unspecified atom stereocenters. The van der Waals surface area contributed by atoms with Crippen LogP contribution >= 0.6 is 0 Å². The maximum Gasteiger partial charge on any atom is 0.352 e. The number of nitrogen functional groups attached to an aromatic ring is 1. The highest BCUT2D eigenvalue weighted by Gasteiger charge is 2.50. The Morgan fingerprint density at radius 3 is 2.68 bits per heavy atom. The Morgan fingerprint density at radius 2 is 2.03 bits per heavy atom. The minimum absolute atomic E-state index is 0.0305. The highest BCUT2D eigenvalue weighted by molar-refractivity contribution is 5.91. The number of ketones is 1. The molecule has 0 bridgehead atoms. The van der Waals surface area contributed by atoms with Crippen LogP contribution in [0.1, 0.15) is 44.6 Å². The maximum atomic E-state index is 13.7. The SMILES string of the molecule is CCCCCC(=O)N[C@@H](Cc1ccccc1)C(=O)[C@H]1C[C@](N)(n2ccc(N)nc2=O)O[C@@H]1CO. The quantitative estimate of drug-likeness (QED) is 0.348. The lowest BCUT2D eigenvalue weighted by Gasteiger charge is -2.26. The van der Waals surface area contributed by atoms with Crippen LogP contribution in [0.4, 0.5) is 5.82 Å². The summed E-state index contributed by atoms with van der Waals surface area (Å²) in [6, 6.07) is 9.93. The van der Waals surface area contributed by atoms with E-state index in [9.17, 15) is 19.5 Å². The van der Waals surface area contributed by atoms with Crippen molar-refractivity contribution in [2.24, 2.45) is 11.7 Å². The Balaban J connectivity index is 1.84. The van der Waals surface area contributed by atoms with Crippen molar-refractivity contribution in [1.82, 2.24) is 14.9 Å². The summed E-state index contributed by atoms with van der Waals surface area (Å²) in [5.74, 6) is -3.02. The van der Waals surface area contributed by atoms with Crippen molar-refractivity contribution >= 4 is 17.5 Å². The molecule has 2 aromatic rings. The van der Waals surface area contributed by atoms with Gasteiger partial charge in [-0.05, 0) is 24.5 Å². The predicted molar refractivity (Wildman–Crippen MR) is 126 cm³/mol. The lowest BCUT2D eigenvalue weighted by Crippen LogP contribution is -2.49. The maximum absolute atomic E-state index is 13.7. The molecule has 10 nitrogen and oxygen atoms in total. The van der Waals surface area contributed by atoms with Gasteiger partial charge in [0, 0.05) is 19.0 Å². The molecule has 184 valence electrons. The highest BCUT2D eigenvalue weighted by Crippen LogP contribution is 2.35. The van der Waals surface area contributed by atoms with Crippen molar-refractivity contribution in [2.75, 3.05) is 12.3 Å². The molecule has 1 aromatic heterocycles. The number of carbonyl (C=O) groups excluding carboxylic acids is 2. The summed E-state index contributed by atoms with van der Waals surface area (Å²) in [5.41, 5.74) is 12.1. The first-order valence-electron chi connectivity index (χ1n) is 11.6. The third-order valence-electron chi connectivity index (χ3n) is 6.06. The standard InChI is InChI=1S/C24H33N5O5/c1-2-3-5-10-21(31)27-18(13-16-8-6-4-7-9-16)22(32)17-14-24(26,34-19(17)15-30)29-12-11-20(25)28-23(29)33/h4,6-9,11-12,17-19,30H,2-3,5,10,13-15,26H2,1H3,(H,27,31)(H2,25,28,33)/t17-,18-,19+,24-/m0/s1. The fraction of sp³-hybridized carbons (Fsp3) is 0.500. The number of nitrogens with two attached hydrogens (primary N) is 2. The molecule has 1 saturated heterocycles. The Bertz CT molecular complexity index is 1040. The molecular weight excluding hydrogens is 438 g/mol. The third kappa shape index (κ3) is 6.07. The fourth-order valence-corrected chi connectivity index (χ4v) is 4.28. The molecule has 1 fully saturated rings. The van der Waals surface area contributed by atoms with Gasteiger partial charge in [0.1, 0.15) is 5.82 Å². The zero-order chi connectivity index (χ0) is 24.7. The predicted octanol–water partition coefficient (Wildman–Crippen LogP) is 0.669. The lowest BCUT2D eigenvalue weighted by atomic mass is 9.87. The molecular formula is C24H33N5O5. The summed E-state index contributed by atoms with van der Waals surface area (Å²) >= 11 is 0. The van der Waals surface area contributed by atoms with Crippen LogP contribution in [-0.2, 0) is 26.6 Å². The minimum atomic E-state index is -1.69. The Hall–Kier alpha value is -3.08. The monoisotopic (exact) mass is 471 g/mol. The van der Waals surface area contributed by atoms with E-state index in [2.05, 4.69) is 17.2 Å². The van der Waals surface area contributed by atoms with Crippen LogP contribution in [0.25, 0.3) is 0 Å². The van der Waals surface area contributed by atoms with Crippen LogP contribution in [0.2, 0.25) is 0 Å². The van der Waals surface area contributed by atoms with E-state index in [0.29, 0.717) is 6.42 Å². The molecule has 0 radical (unpaired) electrons. The van der Waals surface area contributed by atoms with Crippen molar-refractivity contribution in [3.63, 3.8) is 0 Å². The summed E-state index contributed by atoms with van der Waals surface area (Å²) in [7, 11) is 0. The molecule has 1 aliphatic heterocycles. The Morgan fingerprint density at radius 1 is 1.29 bits per heavy atom. The molecule has 1 aromatic carbocycles. The van der Waals surface area contributed by atoms with Gasteiger partial charge in [-0.2, -0.15) is 4.98 Å². The number of benzene rings is 1. The van der Waals surface area contributed by atoms with Crippen LogP contribution in [0, 0.1) is 5.92 Å². The fourth-order valence-electron chi connectivity index (χ4n) is 4.28. The highest BCUT2D eigenvalue weighted by atomic mass is 16.6. The van der Waals surface area contributed by atoms with Crippen LogP contribution in [0.15, 0.2) is 47.4 Å². The minimum Gasteiger partial charge on any atom is -0.394 e. The summed E-state index contributed by atoms with van der Waals surface area (Å²) < 4.78 is 6.86. The number of aromatic nitrogens is 2. The van der Waals surface area contributed by atoms with E-state index >= 15 is 0 Å². The van der Waals surface area contributed by atoms with Crippen LogP contribution in [0.3, 0.4) is 0 Å². The molecule has 34 heavy (non-hydrogen) atoms. The second kappa shape index (κ2) is 11.4. The number of ether oxygens (including phenoxy) is 1. The summed E-state index contributed by atoms with van der Waals surface area (Å²) in [5, 5.41) is 12.8. The molecule has 6 N–H and O–H groups in total. The molecule has 3 rings (SSSR count). The third-order valence-corrected chi connectivity index (χ3v) is 6.06. The van der Waals surface area contributed by atoms with Gasteiger partial charge in [0.15, 0.2) is 5.78 Å². The van der Waals surface area contributed by atoms with Gasteiger partial charge in [-0.3, -0.25) is 19.9 Å². The molecule has 1 amide bonds. The molecule has 0 saturated carbocycles. The zero-order valence-electron chi connectivity index (χ0n) is 19.4. The van der Waals surface area contributed by atoms with Crippen LogP contribution in [0.5, 0.6) is 0 Å². The number of aliphatic hydroxyl groups excluding tert-OH is 1. The molecule has 10 heteroatoms. The van der Waals surface area contributed by atoms with Gasteiger partial charge < -0.3 is 20.9 Å². The van der Waals surface area contributed by atoms with E-state index in [4.69, 9.17) is 16.2 Å². The molecule has 1 aliphatic rings.